The van der Waals surface area contributed by atoms with Gasteiger partial charge < -0.3 is 10.2 Å². The van der Waals surface area contributed by atoms with Crippen molar-refractivity contribution in [2.45, 2.75) is 6.18 Å². The Morgan fingerprint density at radius 1 is 1.54 bits per heavy atom. The zero-order valence-corrected chi connectivity index (χ0v) is 6.70. The molecule has 0 aliphatic carbocycles. The monoisotopic (exact) mass is 211 g/mol. The Labute approximate surface area is 74.0 Å². The summed E-state index contributed by atoms with van der Waals surface area (Å²) in [6, 6.07) is 0.343. The lowest BCUT2D eigenvalue weighted by Gasteiger charge is -2.01. The van der Waals surface area contributed by atoms with Crippen LogP contribution < -0.4 is 5.11 Å². The summed E-state index contributed by atoms with van der Waals surface area (Å²) in [5.74, 6) is -1.64. The molecule has 1 rings (SSSR count). The van der Waals surface area contributed by atoms with Crippen molar-refractivity contribution < 1.29 is 28.2 Å². The molecule has 0 bridgehead atoms. The van der Waals surface area contributed by atoms with Gasteiger partial charge in [0.25, 0.3) is 0 Å². The molecular formula is C6H2F3O3S-. The van der Waals surface area contributed by atoms with E-state index in [0.29, 0.717) is 6.07 Å². The Bertz CT molecular complexity index is 341. The first-order valence-corrected chi connectivity index (χ1v) is 3.75. The molecule has 0 aliphatic rings. The van der Waals surface area contributed by atoms with Crippen LogP contribution in [0.4, 0.5) is 13.2 Å². The van der Waals surface area contributed by atoms with Crippen molar-refractivity contribution in [3.8, 4) is 5.06 Å². The third-order valence-corrected chi connectivity index (χ3v) is 2.18. The zero-order chi connectivity index (χ0) is 10.2. The van der Waals surface area contributed by atoms with E-state index < -0.39 is 27.6 Å². The van der Waals surface area contributed by atoms with Gasteiger partial charge in [-0.05, 0) is 11.1 Å². The van der Waals surface area contributed by atoms with Gasteiger partial charge in [-0.2, -0.15) is 13.2 Å². The minimum atomic E-state index is -4.66. The maximum Gasteiger partial charge on any atom is 0.425 e. The predicted molar refractivity (Wildman–Crippen MR) is 35.7 cm³/mol. The molecule has 7 heteroatoms. The smallest absolute Gasteiger partial charge is 0.425 e. The van der Waals surface area contributed by atoms with Crippen molar-refractivity contribution in [2.24, 2.45) is 0 Å². The van der Waals surface area contributed by atoms with Gasteiger partial charge in [-0.15, -0.1) is 11.3 Å². The molecule has 3 nitrogen and oxygen atoms in total. The van der Waals surface area contributed by atoms with Crippen LogP contribution in [0.1, 0.15) is 15.2 Å². The number of alkyl halides is 3. The van der Waals surface area contributed by atoms with Crippen LogP contribution in [-0.4, -0.2) is 11.1 Å². The van der Waals surface area contributed by atoms with Crippen LogP contribution in [0.2, 0.25) is 0 Å². The quantitative estimate of drug-likeness (QED) is 0.766. The topological polar surface area (TPSA) is 60.4 Å². The molecule has 1 aromatic heterocycles. The number of hydrogen-bond acceptors (Lipinski definition) is 3. The van der Waals surface area contributed by atoms with Gasteiger partial charge in [0.2, 0.25) is 0 Å². The fourth-order valence-electron chi connectivity index (χ4n) is 0.663. The molecule has 0 aliphatic heterocycles. The molecule has 0 atom stereocenters. The number of carboxylic acid groups (broad SMARTS) is 1. The number of halogens is 3. The Morgan fingerprint density at radius 3 is 2.31 bits per heavy atom. The van der Waals surface area contributed by atoms with Crippen molar-refractivity contribution in [3.63, 3.8) is 0 Å². The molecule has 1 N–H and O–H groups in total. The maximum absolute atomic E-state index is 11.9. The van der Waals surface area contributed by atoms with Gasteiger partial charge in [-0.25, -0.2) is 4.79 Å². The van der Waals surface area contributed by atoms with Gasteiger partial charge in [0, 0.05) is 0 Å². The first kappa shape index (κ1) is 9.85. The average Bonchev–Trinajstić information content (AvgIpc) is 2.29. The third kappa shape index (κ3) is 1.92. The highest BCUT2D eigenvalue weighted by atomic mass is 32.1. The van der Waals surface area contributed by atoms with Crippen LogP contribution in [-0.2, 0) is 6.18 Å². The van der Waals surface area contributed by atoms with E-state index in [1.54, 1.807) is 0 Å². The summed E-state index contributed by atoms with van der Waals surface area (Å²) in [5, 5.41) is 17.9. The highest BCUT2D eigenvalue weighted by molar-refractivity contribution is 7.14. The molecule has 0 aromatic carbocycles. The van der Waals surface area contributed by atoms with Gasteiger partial charge in [0.05, 0.1) is 5.56 Å². The number of carboxylic acids is 1. The normalized spacial score (nSPS) is 11.6. The molecule has 0 saturated carbocycles. The van der Waals surface area contributed by atoms with E-state index >= 15 is 0 Å². The Balaban J connectivity index is 3.17. The summed E-state index contributed by atoms with van der Waals surface area (Å²) in [4.78, 5) is 9.02. The molecule has 0 amide bonds. The van der Waals surface area contributed by atoms with Crippen LogP contribution in [0.3, 0.4) is 0 Å². The summed E-state index contributed by atoms with van der Waals surface area (Å²) >= 11 is -0.112. The third-order valence-electron chi connectivity index (χ3n) is 1.21. The zero-order valence-electron chi connectivity index (χ0n) is 5.88. The van der Waals surface area contributed by atoms with E-state index in [4.69, 9.17) is 5.11 Å². The number of hydrogen-bond donors (Lipinski definition) is 1. The Kier molecular flexibility index (Phi) is 2.21. The van der Waals surface area contributed by atoms with Crippen LogP contribution in [0.15, 0.2) is 6.07 Å². The second kappa shape index (κ2) is 2.91. The fourth-order valence-corrected chi connectivity index (χ4v) is 1.41. The highest BCUT2D eigenvalue weighted by Gasteiger charge is 2.33. The van der Waals surface area contributed by atoms with Crippen LogP contribution >= 0.6 is 11.3 Å². The minimum Gasteiger partial charge on any atom is -0.864 e. The maximum atomic E-state index is 11.9. The van der Waals surface area contributed by atoms with Crippen molar-refractivity contribution >= 4 is 17.3 Å². The van der Waals surface area contributed by atoms with Crippen molar-refractivity contribution in [2.75, 3.05) is 0 Å². The van der Waals surface area contributed by atoms with Crippen molar-refractivity contribution in [3.05, 3.63) is 16.5 Å². The van der Waals surface area contributed by atoms with E-state index in [2.05, 4.69) is 0 Å². The van der Waals surface area contributed by atoms with E-state index in [9.17, 15) is 23.1 Å². The number of rotatable bonds is 1. The molecule has 0 saturated heterocycles. The van der Waals surface area contributed by atoms with Gasteiger partial charge in [-0.3, -0.25) is 0 Å². The number of thiophene rings is 1. The van der Waals surface area contributed by atoms with Crippen molar-refractivity contribution in [1.82, 2.24) is 0 Å². The first-order chi connectivity index (χ1) is 5.82. The molecule has 0 unspecified atom stereocenters. The van der Waals surface area contributed by atoms with E-state index in [0.717, 1.165) is 0 Å². The summed E-state index contributed by atoms with van der Waals surface area (Å²) in [6.07, 6.45) is -4.66. The van der Waals surface area contributed by atoms with Gasteiger partial charge in [0.15, 0.2) is 0 Å². The van der Waals surface area contributed by atoms with Gasteiger partial charge in [0.1, 0.15) is 4.88 Å². The molecule has 0 radical (unpaired) electrons. The van der Waals surface area contributed by atoms with E-state index in [-0.39, 0.29) is 11.3 Å². The SMILES string of the molecule is O=C(O)c1cc(C(F)(F)F)sc1[O-]. The summed E-state index contributed by atoms with van der Waals surface area (Å²) in [7, 11) is 0. The summed E-state index contributed by atoms with van der Waals surface area (Å²) < 4.78 is 35.8. The van der Waals surface area contributed by atoms with E-state index in [1.165, 1.54) is 0 Å². The second-order valence-corrected chi connectivity index (χ2v) is 3.13. The van der Waals surface area contributed by atoms with Gasteiger partial charge >= 0.3 is 12.1 Å². The molecule has 13 heavy (non-hydrogen) atoms. The largest absolute Gasteiger partial charge is 0.864 e. The molecule has 0 spiro atoms. The lowest BCUT2D eigenvalue weighted by atomic mass is 10.3. The summed E-state index contributed by atoms with van der Waals surface area (Å²) in [6.45, 7) is 0. The average molecular weight is 211 g/mol. The second-order valence-electron chi connectivity index (χ2n) is 2.11. The highest BCUT2D eigenvalue weighted by Crippen LogP contribution is 2.38. The van der Waals surface area contributed by atoms with Crippen LogP contribution in [0.25, 0.3) is 0 Å². The predicted octanol–water partition coefficient (Wildman–Crippen LogP) is 1.54. The lowest BCUT2D eigenvalue weighted by Crippen LogP contribution is -2.02. The minimum absolute atomic E-state index is 0.112. The molecular weight excluding hydrogens is 209 g/mol. The van der Waals surface area contributed by atoms with E-state index in [1.807, 2.05) is 0 Å². The fraction of sp³-hybridized carbons (Fsp3) is 0.167. The van der Waals surface area contributed by atoms with Gasteiger partial charge in [-0.1, -0.05) is 0 Å². The van der Waals surface area contributed by atoms with Crippen LogP contribution in [0, 0.1) is 0 Å². The molecule has 1 aromatic rings. The number of carbonyl (C=O) groups is 1. The van der Waals surface area contributed by atoms with Crippen molar-refractivity contribution in [1.29, 1.82) is 0 Å². The standard InChI is InChI=1S/C6H3F3O3S/c7-6(8,9)3-1-2(4(10)11)5(12)13-3/h1,12H,(H,10,11)/p-1. The van der Waals surface area contributed by atoms with Crippen LogP contribution in [0.5, 0.6) is 5.06 Å². The Hall–Kier alpha value is -1.24. The summed E-state index contributed by atoms with van der Waals surface area (Å²) in [5.41, 5.74) is -0.836. The Morgan fingerprint density at radius 2 is 2.08 bits per heavy atom. The molecule has 1 heterocycles. The molecule has 72 valence electrons. The lowest BCUT2D eigenvalue weighted by molar-refractivity contribution is -0.262. The first-order valence-electron chi connectivity index (χ1n) is 2.93. The number of aromatic carboxylic acids is 1. The molecule has 0 fully saturated rings.